The fraction of sp³-hybridized carbons (Fsp3) is 0.385. The molecule has 9 heteroatoms. The topological polar surface area (TPSA) is 75.2 Å². The number of halogens is 1. The molecule has 2 atom stereocenters. The molecule has 0 radical (unpaired) electrons. The molecular weight excluding hydrogens is 571 g/mol. The van der Waals surface area contributed by atoms with Crippen LogP contribution >= 0.6 is 34.8 Å². The van der Waals surface area contributed by atoms with E-state index >= 15 is 0 Å². The molecule has 7 nitrogen and oxygen atoms in total. The van der Waals surface area contributed by atoms with E-state index in [1.54, 1.807) is 0 Å². The van der Waals surface area contributed by atoms with Crippen LogP contribution < -0.4 is 10.6 Å². The van der Waals surface area contributed by atoms with E-state index < -0.39 is 0 Å². The third kappa shape index (κ3) is 5.79. The number of pyridine rings is 1. The van der Waals surface area contributed by atoms with E-state index in [9.17, 15) is 0 Å². The molecule has 2 N–H and O–H groups in total. The number of fused-ring (bicyclic) bond motifs is 3. The van der Waals surface area contributed by atoms with Crippen LogP contribution in [0.1, 0.15) is 30.7 Å². The van der Waals surface area contributed by atoms with Crippen LogP contribution in [0.25, 0.3) is 11.3 Å². The van der Waals surface area contributed by atoms with Crippen molar-refractivity contribution in [1.82, 2.24) is 19.9 Å². The minimum atomic E-state index is 0.274. The van der Waals surface area contributed by atoms with Gasteiger partial charge in [-0.3, -0.25) is 9.88 Å². The monoisotopic (exact) mass is 600 g/mol. The molecule has 0 bridgehead atoms. The molecular formula is C26H29IN6OS. The fourth-order valence-electron chi connectivity index (χ4n) is 4.74. The molecule has 2 aromatic heterocycles. The van der Waals surface area contributed by atoms with Crippen molar-refractivity contribution < 1.29 is 4.74 Å². The van der Waals surface area contributed by atoms with Crippen LogP contribution in [0.3, 0.4) is 0 Å². The first-order valence-electron chi connectivity index (χ1n) is 11.9. The van der Waals surface area contributed by atoms with Crippen molar-refractivity contribution >= 4 is 57.1 Å². The molecule has 2 aliphatic heterocycles. The summed E-state index contributed by atoms with van der Waals surface area (Å²) in [6.07, 6.45) is 5.94. The molecule has 0 spiro atoms. The van der Waals surface area contributed by atoms with Crippen LogP contribution in [0.5, 0.6) is 0 Å². The number of morpholine rings is 1. The predicted molar refractivity (Wildman–Crippen MR) is 153 cm³/mol. The SMILES string of the molecule is Cc1ncc(CCN2C[C@@H](C)O[C@@H](C)C2)cc1Nc1ncc2c(n1)-c1ccc(I)cc1NC(=S)C2. The summed E-state index contributed by atoms with van der Waals surface area (Å²) in [6.45, 7) is 9.20. The lowest BCUT2D eigenvalue weighted by Gasteiger charge is -2.35. The van der Waals surface area contributed by atoms with Crippen molar-refractivity contribution in [1.29, 1.82) is 0 Å². The highest BCUT2D eigenvalue weighted by molar-refractivity contribution is 14.1. The smallest absolute Gasteiger partial charge is 0.227 e. The van der Waals surface area contributed by atoms with Gasteiger partial charge in [0.2, 0.25) is 5.95 Å². The van der Waals surface area contributed by atoms with Crippen LogP contribution in [0.4, 0.5) is 17.3 Å². The molecule has 1 fully saturated rings. The number of thiocarbonyl (C=S) groups is 1. The second-order valence-electron chi connectivity index (χ2n) is 9.35. The fourth-order valence-corrected chi connectivity index (χ4v) is 5.49. The van der Waals surface area contributed by atoms with E-state index in [1.807, 2.05) is 19.3 Å². The van der Waals surface area contributed by atoms with Gasteiger partial charge in [-0.15, -0.1) is 0 Å². The molecule has 2 aliphatic rings. The van der Waals surface area contributed by atoms with Crippen molar-refractivity contribution in [3.05, 3.63) is 57.1 Å². The molecule has 0 saturated carbocycles. The molecule has 0 amide bonds. The van der Waals surface area contributed by atoms with E-state index in [4.69, 9.17) is 21.9 Å². The number of ether oxygens (including phenoxy) is 1. The Hall–Kier alpha value is -2.21. The Morgan fingerprint density at radius 3 is 2.77 bits per heavy atom. The van der Waals surface area contributed by atoms with Gasteiger partial charge in [0, 0.05) is 58.8 Å². The van der Waals surface area contributed by atoms with Gasteiger partial charge in [-0.05, 0) is 79.6 Å². The van der Waals surface area contributed by atoms with Crippen LogP contribution in [-0.2, 0) is 17.6 Å². The number of aromatic nitrogens is 3. The molecule has 0 unspecified atom stereocenters. The molecule has 35 heavy (non-hydrogen) atoms. The molecule has 182 valence electrons. The summed E-state index contributed by atoms with van der Waals surface area (Å²) in [5.74, 6) is 0.555. The Kier molecular flexibility index (Phi) is 7.29. The Balaban J connectivity index is 1.36. The molecule has 5 rings (SSSR count). The van der Waals surface area contributed by atoms with Crippen molar-refractivity contribution in [3.63, 3.8) is 0 Å². The van der Waals surface area contributed by atoms with E-state index in [-0.39, 0.29) is 12.2 Å². The van der Waals surface area contributed by atoms with Crippen LogP contribution in [0.2, 0.25) is 0 Å². The average molecular weight is 601 g/mol. The van der Waals surface area contributed by atoms with Gasteiger partial charge in [0.15, 0.2) is 0 Å². The van der Waals surface area contributed by atoms with Gasteiger partial charge >= 0.3 is 0 Å². The zero-order chi connectivity index (χ0) is 24.5. The Bertz CT molecular complexity index is 1260. The summed E-state index contributed by atoms with van der Waals surface area (Å²) >= 11 is 7.85. The molecule has 0 aliphatic carbocycles. The lowest BCUT2D eigenvalue weighted by molar-refractivity contribution is -0.0675. The number of rotatable bonds is 5. The van der Waals surface area contributed by atoms with Gasteiger partial charge in [-0.2, -0.15) is 0 Å². The van der Waals surface area contributed by atoms with Crippen LogP contribution in [0, 0.1) is 10.5 Å². The molecule has 1 saturated heterocycles. The zero-order valence-corrected chi connectivity index (χ0v) is 23.1. The minimum Gasteiger partial charge on any atom is -0.373 e. The quantitative estimate of drug-likeness (QED) is 0.308. The first-order valence-corrected chi connectivity index (χ1v) is 13.4. The first-order chi connectivity index (χ1) is 16.8. The number of hydrogen-bond donors (Lipinski definition) is 2. The van der Waals surface area contributed by atoms with Gasteiger partial charge in [0.05, 0.1) is 34.3 Å². The van der Waals surface area contributed by atoms with E-state index in [1.165, 1.54) is 5.56 Å². The number of aryl methyl sites for hydroxylation is 1. The largest absolute Gasteiger partial charge is 0.373 e. The van der Waals surface area contributed by atoms with Gasteiger partial charge in [-0.25, -0.2) is 9.97 Å². The third-order valence-electron chi connectivity index (χ3n) is 6.33. The maximum absolute atomic E-state index is 5.86. The van der Waals surface area contributed by atoms with Gasteiger partial charge in [0.1, 0.15) is 0 Å². The molecule has 1 aromatic carbocycles. The summed E-state index contributed by atoms with van der Waals surface area (Å²) in [5, 5.41) is 6.77. The number of nitrogens with zero attached hydrogens (tertiary/aromatic N) is 4. The van der Waals surface area contributed by atoms with Gasteiger partial charge in [0.25, 0.3) is 0 Å². The number of anilines is 3. The second-order valence-corrected chi connectivity index (χ2v) is 11.1. The van der Waals surface area contributed by atoms with Crippen molar-refractivity contribution in [3.8, 4) is 11.3 Å². The summed E-state index contributed by atoms with van der Waals surface area (Å²) < 4.78 is 7.01. The van der Waals surface area contributed by atoms with Crippen molar-refractivity contribution in [2.45, 2.75) is 45.8 Å². The molecule has 3 aromatic rings. The molecule has 4 heterocycles. The maximum Gasteiger partial charge on any atom is 0.227 e. The summed E-state index contributed by atoms with van der Waals surface area (Å²) in [5.41, 5.74) is 6.97. The van der Waals surface area contributed by atoms with Crippen LogP contribution in [0.15, 0.2) is 36.7 Å². The third-order valence-corrected chi connectivity index (χ3v) is 7.25. The maximum atomic E-state index is 5.86. The lowest BCUT2D eigenvalue weighted by atomic mass is 10.1. The number of hydrogen-bond acceptors (Lipinski definition) is 7. The summed E-state index contributed by atoms with van der Waals surface area (Å²) in [6, 6.07) is 8.44. The van der Waals surface area contributed by atoms with Crippen molar-refractivity contribution in [2.75, 3.05) is 30.3 Å². The predicted octanol–water partition coefficient (Wildman–Crippen LogP) is 5.14. The van der Waals surface area contributed by atoms with Crippen LogP contribution in [-0.4, -0.2) is 56.7 Å². The summed E-state index contributed by atoms with van der Waals surface area (Å²) in [7, 11) is 0. The van der Waals surface area contributed by atoms with E-state index in [0.29, 0.717) is 12.4 Å². The number of benzene rings is 1. The Morgan fingerprint density at radius 1 is 1.17 bits per heavy atom. The van der Waals surface area contributed by atoms with E-state index in [2.05, 4.69) is 86.2 Å². The Morgan fingerprint density at radius 2 is 1.97 bits per heavy atom. The van der Waals surface area contributed by atoms with Gasteiger partial charge < -0.3 is 15.4 Å². The van der Waals surface area contributed by atoms with Gasteiger partial charge in [-0.1, -0.05) is 12.2 Å². The highest BCUT2D eigenvalue weighted by Gasteiger charge is 2.22. The summed E-state index contributed by atoms with van der Waals surface area (Å²) in [4.78, 5) is 17.4. The second kappa shape index (κ2) is 10.4. The first kappa shape index (κ1) is 24.5. The highest BCUT2D eigenvalue weighted by Crippen LogP contribution is 2.34. The lowest BCUT2D eigenvalue weighted by Crippen LogP contribution is -2.46. The minimum absolute atomic E-state index is 0.274. The van der Waals surface area contributed by atoms with Crippen molar-refractivity contribution in [2.24, 2.45) is 0 Å². The Labute approximate surface area is 225 Å². The standard InChI is InChI=1S/C26H29IN6OS/c1-15-13-33(14-16(2)34-15)7-6-18-8-22(17(3)28-11-18)31-26-29-12-19-9-24(35)30-23-10-20(27)4-5-21(23)25(19)32-26/h4-5,8,10-12,15-16H,6-7,9,13-14H2,1-3H3,(H,30,35)(H,29,31,32)/t15-,16+. The van der Waals surface area contributed by atoms with E-state index in [0.717, 1.165) is 68.5 Å². The number of nitrogens with one attached hydrogen (secondary N) is 2. The average Bonchev–Trinajstić information content (AvgIpc) is 2.93. The normalized spacial score (nSPS) is 19.9. The zero-order valence-electron chi connectivity index (χ0n) is 20.1. The highest BCUT2D eigenvalue weighted by atomic mass is 127.